The van der Waals surface area contributed by atoms with Crippen molar-refractivity contribution >= 4 is 5.69 Å². The number of rotatable bonds is 11. The van der Waals surface area contributed by atoms with Crippen LogP contribution in [0.25, 0.3) is 0 Å². The molecule has 10 nitrogen and oxygen atoms in total. The number of piperazine rings is 1. The van der Waals surface area contributed by atoms with E-state index in [9.17, 15) is 18.4 Å². The topological polar surface area (TPSA) is 104 Å². The highest BCUT2D eigenvalue weighted by Crippen LogP contribution is 2.38. The quantitative estimate of drug-likeness (QED) is 0.266. The number of hydrogen-bond donors (Lipinski definition) is 1. The lowest BCUT2D eigenvalue weighted by Gasteiger charge is -2.37. The van der Waals surface area contributed by atoms with Crippen LogP contribution in [-0.2, 0) is 19.6 Å². The van der Waals surface area contributed by atoms with Crippen molar-refractivity contribution in [1.82, 2.24) is 14.0 Å². The summed E-state index contributed by atoms with van der Waals surface area (Å²) in [5.74, 6) is 0.101. The smallest absolute Gasteiger partial charge is 0.331 e. The molecular formula is C34H39F2N5O5. The Morgan fingerprint density at radius 3 is 1.98 bits per heavy atom. The first-order chi connectivity index (χ1) is 22.2. The van der Waals surface area contributed by atoms with Crippen LogP contribution >= 0.6 is 0 Å². The number of ether oxygens (including phenoxy) is 3. The lowest BCUT2D eigenvalue weighted by molar-refractivity contribution is 0.248. The van der Waals surface area contributed by atoms with Gasteiger partial charge in [-0.15, -0.1) is 0 Å². The van der Waals surface area contributed by atoms with Crippen molar-refractivity contribution in [3.63, 3.8) is 0 Å². The van der Waals surface area contributed by atoms with Gasteiger partial charge in [-0.2, -0.15) is 0 Å². The first kappa shape index (κ1) is 32.7. The summed E-state index contributed by atoms with van der Waals surface area (Å²) in [5.41, 5.74) is 7.40. The zero-order valence-electron chi connectivity index (χ0n) is 26.5. The van der Waals surface area contributed by atoms with Crippen LogP contribution in [0, 0.1) is 18.6 Å². The van der Waals surface area contributed by atoms with Crippen molar-refractivity contribution in [3.8, 4) is 17.2 Å². The molecule has 0 unspecified atom stereocenters. The molecule has 244 valence electrons. The van der Waals surface area contributed by atoms with E-state index in [1.165, 1.54) is 10.6 Å². The van der Waals surface area contributed by atoms with Crippen molar-refractivity contribution in [2.24, 2.45) is 5.73 Å². The van der Waals surface area contributed by atoms with Crippen LogP contribution in [0.1, 0.15) is 28.4 Å². The van der Waals surface area contributed by atoms with E-state index in [0.29, 0.717) is 61.4 Å². The molecule has 0 saturated carbocycles. The molecule has 4 aromatic rings. The molecule has 0 bridgehead atoms. The van der Waals surface area contributed by atoms with Gasteiger partial charge in [0.2, 0.25) is 5.75 Å². The average Bonchev–Trinajstić information content (AvgIpc) is 3.06. The molecule has 3 aromatic carbocycles. The number of nitrogens with two attached hydrogens (primary N) is 1. The number of methoxy groups -OCH3 is 3. The summed E-state index contributed by atoms with van der Waals surface area (Å²) in [7, 11) is 4.70. The first-order valence-electron chi connectivity index (χ1n) is 15.0. The van der Waals surface area contributed by atoms with E-state index in [0.717, 1.165) is 27.8 Å². The summed E-state index contributed by atoms with van der Waals surface area (Å²) in [6.45, 7) is 3.95. The second-order valence-corrected chi connectivity index (χ2v) is 11.2. The van der Waals surface area contributed by atoms with Crippen LogP contribution in [0.3, 0.4) is 0 Å². The highest BCUT2D eigenvalue weighted by atomic mass is 19.1. The number of nitrogens with zero attached hydrogens (tertiary/aromatic N) is 4. The third-order valence-corrected chi connectivity index (χ3v) is 8.46. The molecular weight excluding hydrogens is 596 g/mol. The number of hydrogen-bond acceptors (Lipinski definition) is 8. The molecule has 0 spiro atoms. The largest absolute Gasteiger partial charge is 0.493 e. The van der Waals surface area contributed by atoms with E-state index < -0.39 is 28.9 Å². The molecule has 1 aliphatic heterocycles. The van der Waals surface area contributed by atoms with Crippen LogP contribution in [-0.4, -0.2) is 61.5 Å². The van der Waals surface area contributed by atoms with Crippen molar-refractivity contribution in [3.05, 3.63) is 116 Å². The van der Waals surface area contributed by atoms with E-state index in [2.05, 4.69) is 4.90 Å². The fourth-order valence-corrected chi connectivity index (χ4v) is 5.96. The standard InChI is InChI=1S/C34H39F2N5O5/c1-22-31(39-15-13-38(14-16-39)19-23-17-29(44-2)32(46-4)30(18-23)45-3)33(42)41(21-28(37)24-9-6-5-7-10-24)34(43)40(22)20-25-26(35)11-8-12-27(25)36/h5-12,17-18,28H,13-16,19-21,37H2,1-4H3/t28-/m1/s1. The van der Waals surface area contributed by atoms with Crippen molar-refractivity contribution in [1.29, 1.82) is 0 Å². The Bertz CT molecular complexity index is 1760. The Labute approximate surface area is 266 Å². The third-order valence-electron chi connectivity index (χ3n) is 8.46. The number of aromatic nitrogens is 2. The lowest BCUT2D eigenvalue weighted by atomic mass is 10.1. The molecule has 12 heteroatoms. The predicted octanol–water partition coefficient (Wildman–Crippen LogP) is 3.69. The third kappa shape index (κ3) is 6.63. The molecule has 1 aromatic heterocycles. The second kappa shape index (κ2) is 14.2. The number of benzene rings is 3. The minimum Gasteiger partial charge on any atom is -0.493 e. The maximum absolute atomic E-state index is 14.7. The van der Waals surface area contributed by atoms with Gasteiger partial charge in [0.1, 0.15) is 17.3 Å². The summed E-state index contributed by atoms with van der Waals surface area (Å²) in [5, 5.41) is 0. The molecule has 1 aliphatic rings. The van der Waals surface area contributed by atoms with Gasteiger partial charge in [0.25, 0.3) is 5.56 Å². The van der Waals surface area contributed by atoms with Crippen molar-refractivity contribution in [2.45, 2.75) is 32.6 Å². The SMILES string of the molecule is COc1cc(CN2CCN(c3c(C)n(Cc4c(F)cccc4F)c(=O)n(C[C@@H](N)c4ccccc4)c3=O)CC2)cc(OC)c1OC. The van der Waals surface area contributed by atoms with Gasteiger partial charge in [0.15, 0.2) is 11.5 Å². The lowest BCUT2D eigenvalue weighted by Crippen LogP contribution is -2.51. The Morgan fingerprint density at radius 2 is 1.41 bits per heavy atom. The van der Waals surface area contributed by atoms with E-state index in [1.807, 2.05) is 47.4 Å². The fourth-order valence-electron chi connectivity index (χ4n) is 5.96. The van der Waals surface area contributed by atoms with E-state index in [1.54, 1.807) is 28.3 Å². The highest BCUT2D eigenvalue weighted by molar-refractivity contribution is 5.54. The van der Waals surface area contributed by atoms with Gasteiger partial charge >= 0.3 is 5.69 Å². The Balaban J connectivity index is 1.46. The summed E-state index contributed by atoms with van der Waals surface area (Å²) < 4.78 is 48.3. The van der Waals surface area contributed by atoms with Crippen molar-refractivity contribution < 1.29 is 23.0 Å². The van der Waals surface area contributed by atoms with Gasteiger partial charge in [-0.1, -0.05) is 36.4 Å². The Kier molecular flexibility index (Phi) is 10.1. The van der Waals surface area contributed by atoms with Crippen LogP contribution in [0.4, 0.5) is 14.5 Å². The first-order valence-corrected chi connectivity index (χ1v) is 15.0. The Morgan fingerprint density at radius 1 is 0.804 bits per heavy atom. The molecule has 1 saturated heterocycles. The maximum atomic E-state index is 14.7. The molecule has 0 aliphatic carbocycles. The molecule has 1 fully saturated rings. The molecule has 2 N–H and O–H groups in total. The summed E-state index contributed by atoms with van der Waals surface area (Å²) >= 11 is 0. The molecule has 0 amide bonds. The van der Waals surface area contributed by atoms with Gasteiger partial charge in [-0.25, -0.2) is 13.6 Å². The monoisotopic (exact) mass is 635 g/mol. The van der Waals surface area contributed by atoms with E-state index in [-0.39, 0.29) is 18.7 Å². The maximum Gasteiger partial charge on any atom is 0.331 e. The summed E-state index contributed by atoms with van der Waals surface area (Å²) in [6.07, 6.45) is 0. The number of halogens is 2. The fraction of sp³-hybridized carbons (Fsp3) is 0.353. The van der Waals surface area contributed by atoms with Crippen LogP contribution in [0.2, 0.25) is 0 Å². The normalized spacial score (nSPS) is 14.3. The molecule has 46 heavy (non-hydrogen) atoms. The van der Waals surface area contributed by atoms with Gasteiger partial charge < -0.3 is 24.8 Å². The number of anilines is 1. The molecule has 1 atom stereocenters. The van der Waals surface area contributed by atoms with Crippen LogP contribution < -0.4 is 36.1 Å². The van der Waals surface area contributed by atoms with Gasteiger partial charge in [0, 0.05) is 50.0 Å². The predicted molar refractivity (Wildman–Crippen MR) is 172 cm³/mol. The van der Waals surface area contributed by atoms with E-state index >= 15 is 0 Å². The van der Waals surface area contributed by atoms with Gasteiger partial charge in [0.05, 0.1) is 34.4 Å². The Hall–Kier alpha value is -4.68. The van der Waals surface area contributed by atoms with Gasteiger partial charge in [-0.05, 0) is 42.3 Å². The van der Waals surface area contributed by atoms with Crippen LogP contribution in [0.5, 0.6) is 17.2 Å². The zero-order chi connectivity index (χ0) is 33.0. The summed E-state index contributed by atoms with van der Waals surface area (Å²) in [6, 6.07) is 15.9. The molecule has 5 rings (SSSR count). The highest BCUT2D eigenvalue weighted by Gasteiger charge is 2.27. The van der Waals surface area contributed by atoms with Gasteiger partial charge in [-0.3, -0.25) is 18.8 Å². The summed E-state index contributed by atoms with van der Waals surface area (Å²) in [4.78, 5) is 32.0. The minimum atomic E-state index is -0.771. The zero-order valence-corrected chi connectivity index (χ0v) is 26.5. The second-order valence-electron chi connectivity index (χ2n) is 11.2. The average molecular weight is 636 g/mol. The van der Waals surface area contributed by atoms with E-state index in [4.69, 9.17) is 19.9 Å². The minimum absolute atomic E-state index is 0.101. The molecule has 2 heterocycles. The van der Waals surface area contributed by atoms with Crippen molar-refractivity contribution in [2.75, 3.05) is 52.4 Å². The molecule has 0 radical (unpaired) electrons. The van der Waals surface area contributed by atoms with Crippen LogP contribution in [0.15, 0.2) is 70.3 Å².